The van der Waals surface area contributed by atoms with Crippen LogP contribution in [0.3, 0.4) is 0 Å². The number of esters is 1. The minimum Gasteiger partial charge on any atom is -0.426 e. The van der Waals surface area contributed by atoms with Gasteiger partial charge < -0.3 is 4.74 Å². The van der Waals surface area contributed by atoms with Crippen molar-refractivity contribution in [2.75, 3.05) is 0 Å². The van der Waals surface area contributed by atoms with Gasteiger partial charge in [-0.1, -0.05) is 29.8 Å². The third-order valence-electron chi connectivity index (χ3n) is 3.84. The van der Waals surface area contributed by atoms with Gasteiger partial charge in [-0.15, -0.1) is 0 Å². The van der Waals surface area contributed by atoms with E-state index in [1.54, 1.807) is 0 Å². The molecule has 1 heterocycles. The van der Waals surface area contributed by atoms with Crippen LogP contribution in [0.25, 0.3) is 0 Å². The number of carbonyl (C=O) groups is 1. The van der Waals surface area contributed by atoms with Gasteiger partial charge in [-0.3, -0.25) is 4.79 Å². The van der Waals surface area contributed by atoms with Crippen LogP contribution >= 0.6 is 0 Å². The summed E-state index contributed by atoms with van der Waals surface area (Å²) in [4.78, 5) is 11.7. The topological polar surface area (TPSA) is 50.1 Å². The molecule has 1 atom stereocenters. The SMILES string of the molecule is Cc1ccc2c(c1)C(c1ccc(C#N)cc1)CCC(=O)O2. The minimum atomic E-state index is -0.184. The zero-order valence-corrected chi connectivity index (χ0v) is 11.8. The summed E-state index contributed by atoms with van der Waals surface area (Å²) in [6.07, 6.45) is 1.12. The van der Waals surface area contributed by atoms with Gasteiger partial charge in [0, 0.05) is 17.9 Å². The Kier molecular flexibility index (Phi) is 3.45. The molecule has 1 unspecified atom stereocenters. The van der Waals surface area contributed by atoms with Crippen LogP contribution in [0.15, 0.2) is 42.5 Å². The lowest BCUT2D eigenvalue weighted by Crippen LogP contribution is -2.05. The number of ether oxygens (including phenoxy) is 1. The molecule has 0 bridgehead atoms. The zero-order valence-electron chi connectivity index (χ0n) is 11.8. The van der Waals surface area contributed by atoms with Gasteiger partial charge in [-0.05, 0) is 37.1 Å². The molecule has 104 valence electrons. The monoisotopic (exact) mass is 277 g/mol. The van der Waals surface area contributed by atoms with Gasteiger partial charge in [0.1, 0.15) is 5.75 Å². The van der Waals surface area contributed by atoms with E-state index in [1.165, 1.54) is 0 Å². The van der Waals surface area contributed by atoms with Gasteiger partial charge in [0.05, 0.1) is 11.6 Å². The number of nitrogens with zero attached hydrogens (tertiary/aromatic N) is 1. The Bertz CT molecular complexity index is 726. The van der Waals surface area contributed by atoms with Crippen LogP contribution in [0.5, 0.6) is 5.75 Å². The van der Waals surface area contributed by atoms with E-state index in [-0.39, 0.29) is 11.9 Å². The molecular formula is C18H15NO2. The number of nitriles is 1. The maximum Gasteiger partial charge on any atom is 0.311 e. The molecule has 0 aliphatic carbocycles. The van der Waals surface area contributed by atoms with E-state index in [0.29, 0.717) is 17.7 Å². The molecule has 3 rings (SSSR count). The molecule has 3 nitrogen and oxygen atoms in total. The largest absolute Gasteiger partial charge is 0.426 e. The van der Waals surface area contributed by atoms with E-state index < -0.39 is 0 Å². The molecule has 1 aliphatic rings. The van der Waals surface area contributed by atoms with E-state index in [4.69, 9.17) is 10.00 Å². The lowest BCUT2D eigenvalue weighted by molar-refractivity contribution is -0.134. The zero-order chi connectivity index (χ0) is 14.8. The van der Waals surface area contributed by atoms with Crippen LogP contribution in [0, 0.1) is 18.3 Å². The Hall–Kier alpha value is -2.60. The Morgan fingerprint density at radius 2 is 1.95 bits per heavy atom. The van der Waals surface area contributed by atoms with Crippen molar-refractivity contribution in [3.63, 3.8) is 0 Å². The smallest absolute Gasteiger partial charge is 0.311 e. The first-order valence-electron chi connectivity index (χ1n) is 6.98. The van der Waals surface area contributed by atoms with Crippen LogP contribution in [0.2, 0.25) is 0 Å². The maximum atomic E-state index is 11.7. The summed E-state index contributed by atoms with van der Waals surface area (Å²) >= 11 is 0. The Morgan fingerprint density at radius 1 is 1.19 bits per heavy atom. The summed E-state index contributed by atoms with van der Waals surface area (Å²) in [5.74, 6) is 0.591. The average Bonchev–Trinajstić information content (AvgIpc) is 2.66. The average molecular weight is 277 g/mol. The lowest BCUT2D eigenvalue weighted by Gasteiger charge is -2.17. The summed E-state index contributed by atoms with van der Waals surface area (Å²) in [6.45, 7) is 2.03. The van der Waals surface area contributed by atoms with Crippen LogP contribution < -0.4 is 4.74 Å². The number of hydrogen-bond donors (Lipinski definition) is 0. The number of benzene rings is 2. The highest BCUT2D eigenvalue weighted by molar-refractivity contribution is 5.74. The summed E-state index contributed by atoms with van der Waals surface area (Å²) in [6, 6.07) is 15.6. The van der Waals surface area contributed by atoms with Gasteiger partial charge >= 0.3 is 5.97 Å². The quantitative estimate of drug-likeness (QED) is 0.590. The molecule has 21 heavy (non-hydrogen) atoms. The van der Waals surface area contributed by atoms with Gasteiger partial charge in [0.2, 0.25) is 0 Å². The predicted octanol–water partition coefficient (Wildman–Crippen LogP) is 3.70. The second-order valence-corrected chi connectivity index (χ2v) is 5.34. The van der Waals surface area contributed by atoms with Gasteiger partial charge in [0.25, 0.3) is 0 Å². The third-order valence-corrected chi connectivity index (χ3v) is 3.84. The molecule has 2 aromatic carbocycles. The van der Waals surface area contributed by atoms with Crippen molar-refractivity contribution in [2.45, 2.75) is 25.7 Å². The molecule has 1 aliphatic heterocycles. The van der Waals surface area contributed by atoms with Crippen molar-refractivity contribution < 1.29 is 9.53 Å². The standard InChI is InChI=1S/C18H15NO2/c1-12-2-8-17-16(10-12)15(7-9-18(20)21-17)14-5-3-13(11-19)4-6-14/h2-6,8,10,15H,7,9H2,1H3. The highest BCUT2D eigenvalue weighted by Gasteiger charge is 2.25. The number of fused-ring (bicyclic) bond motifs is 1. The molecule has 0 saturated carbocycles. The van der Waals surface area contributed by atoms with Crippen LogP contribution in [0.1, 0.15) is 41.0 Å². The van der Waals surface area contributed by atoms with E-state index >= 15 is 0 Å². The Morgan fingerprint density at radius 3 is 2.67 bits per heavy atom. The summed E-state index contributed by atoms with van der Waals surface area (Å²) in [7, 11) is 0. The van der Waals surface area contributed by atoms with Crippen molar-refractivity contribution in [1.29, 1.82) is 5.26 Å². The summed E-state index contributed by atoms with van der Waals surface area (Å²) in [5, 5.41) is 8.90. The lowest BCUT2D eigenvalue weighted by atomic mass is 9.86. The van der Waals surface area contributed by atoms with Crippen molar-refractivity contribution >= 4 is 5.97 Å². The van der Waals surface area contributed by atoms with Crippen molar-refractivity contribution in [2.24, 2.45) is 0 Å². The first-order chi connectivity index (χ1) is 10.2. The molecule has 0 saturated heterocycles. The highest BCUT2D eigenvalue weighted by Crippen LogP contribution is 2.38. The van der Waals surface area contributed by atoms with Crippen LogP contribution in [-0.4, -0.2) is 5.97 Å². The van der Waals surface area contributed by atoms with Crippen molar-refractivity contribution in [3.05, 3.63) is 64.7 Å². The normalized spacial score (nSPS) is 17.3. The first kappa shape index (κ1) is 13.4. The molecule has 2 aromatic rings. The fourth-order valence-corrected chi connectivity index (χ4v) is 2.76. The van der Waals surface area contributed by atoms with Crippen molar-refractivity contribution in [3.8, 4) is 11.8 Å². The molecule has 0 radical (unpaired) electrons. The molecule has 0 fully saturated rings. The van der Waals surface area contributed by atoms with E-state index in [9.17, 15) is 4.79 Å². The van der Waals surface area contributed by atoms with Crippen molar-refractivity contribution in [1.82, 2.24) is 0 Å². The number of carbonyl (C=O) groups excluding carboxylic acids is 1. The number of hydrogen-bond acceptors (Lipinski definition) is 3. The molecule has 0 N–H and O–H groups in total. The summed E-state index contributed by atoms with van der Waals surface area (Å²) in [5.41, 5.74) is 3.94. The second kappa shape index (κ2) is 5.41. The minimum absolute atomic E-state index is 0.124. The highest BCUT2D eigenvalue weighted by atomic mass is 16.5. The van der Waals surface area contributed by atoms with Gasteiger partial charge in [0.15, 0.2) is 0 Å². The third kappa shape index (κ3) is 2.66. The molecular weight excluding hydrogens is 262 g/mol. The molecule has 0 spiro atoms. The first-order valence-corrected chi connectivity index (χ1v) is 6.98. The van der Waals surface area contributed by atoms with Crippen LogP contribution in [0.4, 0.5) is 0 Å². The van der Waals surface area contributed by atoms with E-state index in [0.717, 1.165) is 23.1 Å². The number of rotatable bonds is 1. The number of aryl methyl sites for hydroxylation is 1. The van der Waals surface area contributed by atoms with Gasteiger partial charge in [-0.2, -0.15) is 5.26 Å². The molecule has 0 aromatic heterocycles. The van der Waals surface area contributed by atoms with Gasteiger partial charge in [-0.25, -0.2) is 0 Å². The Balaban J connectivity index is 2.07. The Labute approximate surface area is 123 Å². The summed E-state index contributed by atoms with van der Waals surface area (Å²) < 4.78 is 5.42. The predicted molar refractivity (Wildman–Crippen MR) is 79.0 cm³/mol. The second-order valence-electron chi connectivity index (χ2n) is 5.34. The maximum absolute atomic E-state index is 11.7. The van der Waals surface area contributed by atoms with E-state index in [2.05, 4.69) is 12.1 Å². The fraction of sp³-hybridized carbons (Fsp3) is 0.222. The van der Waals surface area contributed by atoms with E-state index in [1.807, 2.05) is 43.3 Å². The van der Waals surface area contributed by atoms with Crippen LogP contribution in [-0.2, 0) is 4.79 Å². The molecule has 3 heteroatoms. The molecule has 0 amide bonds. The fourth-order valence-electron chi connectivity index (χ4n) is 2.76.